The average molecular weight is 363 g/mol. The molecule has 0 aliphatic heterocycles. The largest absolute Gasteiger partial charge is 0.497 e. The fourth-order valence-corrected chi connectivity index (χ4v) is 3.14. The van der Waals surface area contributed by atoms with E-state index in [2.05, 4.69) is 15.9 Å². The first kappa shape index (κ1) is 14.7. The minimum Gasteiger partial charge on any atom is -0.497 e. The van der Waals surface area contributed by atoms with Crippen LogP contribution >= 0.6 is 38.9 Å². The van der Waals surface area contributed by atoms with Crippen LogP contribution in [0, 0.1) is 0 Å². The zero-order valence-corrected chi connectivity index (χ0v) is 13.4. The van der Waals surface area contributed by atoms with Crippen LogP contribution in [0.25, 0.3) is 0 Å². The number of rotatable bonds is 5. The summed E-state index contributed by atoms with van der Waals surface area (Å²) in [6.45, 7) is 0.384. The van der Waals surface area contributed by atoms with E-state index in [1.165, 1.54) is 11.3 Å². The highest BCUT2D eigenvalue weighted by molar-refractivity contribution is 9.10. The van der Waals surface area contributed by atoms with Crippen LogP contribution < -0.4 is 15.2 Å². The summed E-state index contributed by atoms with van der Waals surface area (Å²) in [5.41, 5.74) is 5.77. The maximum Gasteiger partial charge on any atom is 0.145 e. The normalized spacial score (nSPS) is 12.2. The topological polar surface area (TPSA) is 44.5 Å². The Morgan fingerprint density at radius 3 is 2.68 bits per heavy atom. The number of methoxy groups -OCH3 is 1. The predicted molar refractivity (Wildman–Crippen MR) is 82.4 cm³/mol. The molecule has 102 valence electrons. The Bertz CT molecular complexity index is 561. The highest BCUT2D eigenvalue weighted by Gasteiger charge is 2.15. The molecule has 0 fully saturated rings. The molecule has 0 aliphatic rings. The van der Waals surface area contributed by atoms with E-state index < -0.39 is 0 Å². The van der Waals surface area contributed by atoms with Gasteiger partial charge in [0.15, 0.2) is 0 Å². The van der Waals surface area contributed by atoms with Crippen molar-refractivity contribution in [3.63, 3.8) is 0 Å². The molecular weight excluding hydrogens is 350 g/mol. The van der Waals surface area contributed by atoms with Crippen molar-refractivity contribution in [1.29, 1.82) is 0 Å². The minimum absolute atomic E-state index is 0.206. The van der Waals surface area contributed by atoms with Crippen LogP contribution in [0.3, 0.4) is 0 Å². The van der Waals surface area contributed by atoms with Gasteiger partial charge < -0.3 is 15.2 Å². The van der Waals surface area contributed by atoms with Crippen molar-refractivity contribution in [3.8, 4) is 11.5 Å². The van der Waals surface area contributed by atoms with Crippen LogP contribution in [-0.4, -0.2) is 13.7 Å². The van der Waals surface area contributed by atoms with E-state index in [9.17, 15) is 0 Å². The molecule has 0 bridgehead atoms. The lowest BCUT2D eigenvalue weighted by Crippen LogP contribution is -2.17. The third-order valence-corrected chi connectivity index (χ3v) is 4.48. The first-order valence-corrected chi connectivity index (χ1v) is 7.58. The number of benzene rings is 1. The van der Waals surface area contributed by atoms with Crippen molar-refractivity contribution in [2.24, 2.45) is 5.73 Å². The summed E-state index contributed by atoms with van der Waals surface area (Å²) in [6.07, 6.45) is -0.206. The molecule has 0 aliphatic carbocycles. The van der Waals surface area contributed by atoms with E-state index in [0.29, 0.717) is 6.54 Å². The second kappa shape index (κ2) is 6.61. The monoisotopic (exact) mass is 361 g/mol. The summed E-state index contributed by atoms with van der Waals surface area (Å²) in [7, 11) is 1.62. The first-order chi connectivity index (χ1) is 9.13. The van der Waals surface area contributed by atoms with Crippen LogP contribution in [0.1, 0.15) is 11.0 Å². The molecule has 1 unspecified atom stereocenters. The molecule has 19 heavy (non-hydrogen) atoms. The van der Waals surface area contributed by atoms with Gasteiger partial charge in [-0.15, -0.1) is 11.3 Å². The van der Waals surface area contributed by atoms with Crippen molar-refractivity contribution in [2.75, 3.05) is 13.7 Å². The maximum atomic E-state index is 5.93. The van der Waals surface area contributed by atoms with Crippen LogP contribution in [0.15, 0.2) is 34.8 Å². The molecule has 0 saturated heterocycles. The quantitative estimate of drug-likeness (QED) is 0.864. The molecule has 0 spiro atoms. The van der Waals surface area contributed by atoms with Gasteiger partial charge >= 0.3 is 0 Å². The molecule has 2 rings (SSSR count). The molecule has 2 N–H and O–H groups in total. The number of nitrogens with two attached hydrogens (primary N) is 1. The second-order valence-electron chi connectivity index (χ2n) is 3.78. The Kier molecular flexibility index (Phi) is 5.10. The maximum absolute atomic E-state index is 5.93. The lowest BCUT2D eigenvalue weighted by Gasteiger charge is -2.17. The molecule has 3 nitrogen and oxygen atoms in total. The molecule has 1 heterocycles. The van der Waals surface area contributed by atoms with Gasteiger partial charge in [0, 0.05) is 11.4 Å². The van der Waals surface area contributed by atoms with Crippen molar-refractivity contribution in [3.05, 3.63) is 44.0 Å². The van der Waals surface area contributed by atoms with Crippen molar-refractivity contribution >= 4 is 38.9 Å². The van der Waals surface area contributed by atoms with Crippen molar-refractivity contribution in [2.45, 2.75) is 6.10 Å². The molecular formula is C13H13BrClNO2S. The van der Waals surface area contributed by atoms with Crippen molar-refractivity contribution < 1.29 is 9.47 Å². The zero-order valence-electron chi connectivity index (χ0n) is 10.2. The first-order valence-electron chi connectivity index (χ1n) is 5.59. The molecule has 0 radical (unpaired) electrons. The number of halogens is 2. The van der Waals surface area contributed by atoms with Gasteiger partial charge in [-0.1, -0.05) is 11.6 Å². The second-order valence-corrected chi connectivity index (χ2v) is 6.38. The Balaban J connectivity index is 2.19. The lowest BCUT2D eigenvalue weighted by atomic mass is 10.2. The Morgan fingerprint density at radius 2 is 2.16 bits per heavy atom. The Labute approximate surface area is 129 Å². The van der Waals surface area contributed by atoms with Gasteiger partial charge in [-0.25, -0.2) is 0 Å². The molecule has 0 saturated carbocycles. The fraction of sp³-hybridized carbons (Fsp3) is 0.231. The van der Waals surface area contributed by atoms with Gasteiger partial charge in [-0.3, -0.25) is 0 Å². The van der Waals surface area contributed by atoms with Crippen LogP contribution in [0.2, 0.25) is 4.34 Å². The summed E-state index contributed by atoms with van der Waals surface area (Å²) < 4.78 is 12.6. The zero-order chi connectivity index (χ0) is 13.8. The number of hydrogen-bond donors (Lipinski definition) is 1. The molecule has 6 heteroatoms. The van der Waals surface area contributed by atoms with Gasteiger partial charge in [0.05, 0.1) is 15.9 Å². The van der Waals surface area contributed by atoms with Gasteiger partial charge in [0.2, 0.25) is 0 Å². The summed E-state index contributed by atoms with van der Waals surface area (Å²) in [6, 6.07) is 9.32. The standard InChI is InChI=1S/C13H13BrClNO2S/c1-17-8-2-3-10(9(14)6-8)18-11(7-16)12-4-5-13(15)19-12/h2-6,11H,7,16H2,1H3. The third kappa shape index (κ3) is 3.63. The van der Waals surface area contributed by atoms with E-state index in [-0.39, 0.29) is 6.10 Å². The predicted octanol–water partition coefficient (Wildman–Crippen LogP) is 4.25. The third-order valence-electron chi connectivity index (χ3n) is 2.53. The van der Waals surface area contributed by atoms with E-state index in [1.54, 1.807) is 7.11 Å². The van der Waals surface area contributed by atoms with Crippen LogP contribution in [0.4, 0.5) is 0 Å². The van der Waals surface area contributed by atoms with Crippen molar-refractivity contribution in [1.82, 2.24) is 0 Å². The van der Waals surface area contributed by atoms with Gasteiger partial charge in [0.1, 0.15) is 17.6 Å². The highest BCUT2D eigenvalue weighted by Crippen LogP contribution is 2.34. The molecule has 2 aromatic rings. The average Bonchev–Trinajstić information content (AvgIpc) is 2.83. The Hall–Kier alpha value is -0.750. The van der Waals surface area contributed by atoms with E-state index in [0.717, 1.165) is 25.2 Å². The summed E-state index contributed by atoms with van der Waals surface area (Å²) in [4.78, 5) is 1.01. The van der Waals surface area contributed by atoms with Gasteiger partial charge in [-0.2, -0.15) is 0 Å². The number of ether oxygens (including phenoxy) is 2. The molecule has 1 atom stereocenters. The molecule has 0 amide bonds. The van der Waals surface area contributed by atoms with Gasteiger partial charge in [-0.05, 0) is 46.3 Å². The van der Waals surface area contributed by atoms with Crippen LogP contribution in [0.5, 0.6) is 11.5 Å². The van der Waals surface area contributed by atoms with Gasteiger partial charge in [0.25, 0.3) is 0 Å². The molecule has 1 aromatic carbocycles. The highest BCUT2D eigenvalue weighted by atomic mass is 79.9. The summed E-state index contributed by atoms with van der Waals surface area (Å²) >= 11 is 10.9. The SMILES string of the molecule is COc1ccc(OC(CN)c2ccc(Cl)s2)c(Br)c1. The minimum atomic E-state index is -0.206. The fourth-order valence-electron chi connectivity index (χ4n) is 1.58. The molecule has 1 aromatic heterocycles. The number of hydrogen-bond acceptors (Lipinski definition) is 4. The summed E-state index contributed by atoms with van der Waals surface area (Å²) in [5, 5.41) is 0. The van der Waals surface area contributed by atoms with E-state index in [1.807, 2.05) is 30.3 Å². The lowest BCUT2D eigenvalue weighted by molar-refractivity contribution is 0.216. The smallest absolute Gasteiger partial charge is 0.145 e. The number of thiophene rings is 1. The van der Waals surface area contributed by atoms with E-state index in [4.69, 9.17) is 26.8 Å². The summed E-state index contributed by atoms with van der Waals surface area (Å²) in [5.74, 6) is 1.49. The van der Waals surface area contributed by atoms with E-state index >= 15 is 0 Å². The Morgan fingerprint density at radius 1 is 1.37 bits per heavy atom. The van der Waals surface area contributed by atoms with Crippen LogP contribution in [-0.2, 0) is 0 Å².